The summed E-state index contributed by atoms with van der Waals surface area (Å²) in [6, 6.07) is 14.0. The topological polar surface area (TPSA) is 92.8 Å². The molecule has 1 N–H and O–H groups in total. The molecule has 30 heavy (non-hydrogen) atoms. The van der Waals surface area contributed by atoms with E-state index in [2.05, 4.69) is 10.3 Å². The van der Waals surface area contributed by atoms with Gasteiger partial charge in [-0.2, -0.15) is 0 Å². The SMILES string of the molecule is Cc1c(C(=O)Nc2ccc(N(C)C)cc2)sc2nc(-c3cccc([N+](=O)[O-])c3)cn12. The van der Waals surface area contributed by atoms with Crippen molar-refractivity contribution in [3.05, 3.63) is 75.4 Å². The third-order valence-electron chi connectivity index (χ3n) is 4.76. The Kier molecular flexibility index (Phi) is 4.96. The number of nitro benzene ring substituents is 1. The number of nitrogens with one attached hydrogen (secondary N) is 1. The molecule has 0 aliphatic carbocycles. The van der Waals surface area contributed by atoms with Crippen molar-refractivity contribution in [2.45, 2.75) is 6.92 Å². The van der Waals surface area contributed by atoms with Gasteiger partial charge in [-0.3, -0.25) is 19.3 Å². The molecule has 0 radical (unpaired) electrons. The van der Waals surface area contributed by atoms with Crippen molar-refractivity contribution in [2.24, 2.45) is 0 Å². The number of carbonyl (C=O) groups is 1. The molecule has 152 valence electrons. The summed E-state index contributed by atoms with van der Waals surface area (Å²) in [6.07, 6.45) is 1.79. The third kappa shape index (κ3) is 3.62. The second-order valence-corrected chi connectivity index (χ2v) is 7.98. The van der Waals surface area contributed by atoms with Gasteiger partial charge in [-0.15, -0.1) is 0 Å². The highest BCUT2D eigenvalue weighted by Crippen LogP contribution is 2.29. The van der Waals surface area contributed by atoms with E-state index in [4.69, 9.17) is 0 Å². The van der Waals surface area contributed by atoms with Gasteiger partial charge >= 0.3 is 0 Å². The molecule has 0 spiro atoms. The smallest absolute Gasteiger partial charge is 0.270 e. The number of anilines is 2. The fourth-order valence-corrected chi connectivity index (χ4v) is 4.11. The zero-order valence-electron chi connectivity index (χ0n) is 16.6. The average Bonchev–Trinajstić information content (AvgIpc) is 3.28. The predicted octanol–water partition coefficient (Wildman–Crippen LogP) is 4.60. The molecule has 0 aliphatic rings. The van der Waals surface area contributed by atoms with Crippen molar-refractivity contribution in [3.63, 3.8) is 0 Å². The molecule has 0 saturated carbocycles. The van der Waals surface area contributed by atoms with Crippen LogP contribution in [0.4, 0.5) is 17.1 Å². The van der Waals surface area contributed by atoms with Crippen LogP contribution in [0.1, 0.15) is 15.4 Å². The Morgan fingerprint density at radius 1 is 1.20 bits per heavy atom. The summed E-state index contributed by atoms with van der Waals surface area (Å²) in [4.78, 5) is 31.1. The summed E-state index contributed by atoms with van der Waals surface area (Å²) in [5, 5.41) is 13.9. The first-order valence-electron chi connectivity index (χ1n) is 9.15. The first-order chi connectivity index (χ1) is 14.3. The minimum absolute atomic E-state index is 0.0147. The van der Waals surface area contributed by atoms with E-state index in [0.29, 0.717) is 26.8 Å². The lowest BCUT2D eigenvalue weighted by molar-refractivity contribution is -0.384. The van der Waals surface area contributed by atoms with E-state index in [-0.39, 0.29) is 11.6 Å². The number of benzene rings is 2. The third-order valence-corrected chi connectivity index (χ3v) is 5.91. The lowest BCUT2D eigenvalue weighted by Crippen LogP contribution is -2.12. The van der Waals surface area contributed by atoms with Crippen LogP contribution in [-0.4, -0.2) is 34.3 Å². The highest BCUT2D eigenvalue weighted by Gasteiger charge is 2.19. The van der Waals surface area contributed by atoms with E-state index in [1.54, 1.807) is 18.3 Å². The molecule has 8 nitrogen and oxygen atoms in total. The number of carbonyl (C=O) groups excluding carboxylic acids is 1. The first-order valence-corrected chi connectivity index (χ1v) is 9.97. The van der Waals surface area contributed by atoms with Crippen LogP contribution in [0.5, 0.6) is 0 Å². The second-order valence-electron chi connectivity index (χ2n) is 7.00. The van der Waals surface area contributed by atoms with Crippen LogP contribution < -0.4 is 10.2 Å². The Morgan fingerprint density at radius 2 is 1.93 bits per heavy atom. The van der Waals surface area contributed by atoms with Gasteiger partial charge in [0.05, 0.1) is 10.6 Å². The number of aryl methyl sites for hydroxylation is 1. The number of nitro groups is 1. The standard InChI is InChI=1S/C21H19N5O3S/c1-13-19(20(27)22-15-7-9-16(10-8-15)24(2)3)30-21-23-18(12-25(13)21)14-5-4-6-17(11-14)26(28)29/h4-12H,1-3H3,(H,22,27). The number of fused-ring (bicyclic) bond motifs is 1. The number of non-ortho nitro benzene ring substituents is 1. The van der Waals surface area contributed by atoms with Crippen LogP contribution in [0.2, 0.25) is 0 Å². The largest absolute Gasteiger partial charge is 0.378 e. The van der Waals surface area contributed by atoms with Crippen molar-refractivity contribution < 1.29 is 9.72 Å². The fourth-order valence-electron chi connectivity index (χ4n) is 3.11. The number of thiazole rings is 1. The lowest BCUT2D eigenvalue weighted by atomic mass is 10.1. The van der Waals surface area contributed by atoms with Gasteiger partial charge in [0.15, 0.2) is 4.96 Å². The molecule has 0 atom stereocenters. The van der Waals surface area contributed by atoms with Gasteiger partial charge in [0, 0.05) is 55.1 Å². The van der Waals surface area contributed by atoms with Crippen LogP contribution >= 0.6 is 11.3 Å². The molecule has 9 heteroatoms. The van der Waals surface area contributed by atoms with Crippen molar-refractivity contribution >= 4 is 39.3 Å². The summed E-state index contributed by atoms with van der Waals surface area (Å²) in [5.74, 6) is -0.197. The summed E-state index contributed by atoms with van der Waals surface area (Å²) in [6.45, 7) is 1.85. The number of amides is 1. The molecule has 2 aromatic heterocycles. The zero-order valence-corrected chi connectivity index (χ0v) is 17.4. The van der Waals surface area contributed by atoms with Gasteiger partial charge in [-0.1, -0.05) is 23.5 Å². The molecule has 0 bridgehead atoms. The number of aromatic nitrogens is 2. The quantitative estimate of drug-likeness (QED) is 0.376. The normalized spacial score (nSPS) is 10.9. The minimum atomic E-state index is -0.430. The minimum Gasteiger partial charge on any atom is -0.378 e. The monoisotopic (exact) mass is 421 g/mol. The number of hydrogen-bond donors (Lipinski definition) is 1. The molecule has 0 unspecified atom stereocenters. The van der Waals surface area contributed by atoms with Crippen molar-refractivity contribution in [1.82, 2.24) is 9.38 Å². The molecule has 4 aromatic rings. The van der Waals surface area contributed by atoms with E-state index in [9.17, 15) is 14.9 Å². The highest BCUT2D eigenvalue weighted by atomic mass is 32.1. The lowest BCUT2D eigenvalue weighted by Gasteiger charge is -2.12. The van der Waals surface area contributed by atoms with E-state index < -0.39 is 4.92 Å². The highest BCUT2D eigenvalue weighted by molar-refractivity contribution is 7.19. The maximum absolute atomic E-state index is 12.8. The number of rotatable bonds is 5. The van der Waals surface area contributed by atoms with Crippen molar-refractivity contribution in [1.29, 1.82) is 0 Å². The molecule has 2 aromatic carbocycles. The van der Waals surface area contributed by atoms with Crippen LogP contribution in [-0.2, 0) is 0 Å². The summed E-state index contributed by atoms with van der Waals surface area (Å²) in [5.41, 5.74) is 3.83. The van der Waals surface area contributed by atoms with E-state index in [0.717, 1.165) is 11.4 Å². The van der Waals surface area contributed by atoms with Gasteiger partial charge in [0.1, 0.15) is 4.88 Å². The average molecular weight is 421 g/mol. The van der Waals surface area contributed by atoms with E-state index in [1.165, 1.54) is 23.5 Å². The Hall–Kier alpha value is -3.72. The van der Waals surface area contributed by atoms with Crippen molar-refractivity contribution in [3.8, 4) is 11.3 Å². The van der Waals surface area contributed by atoms with E-state index >= 15 is 0 Å². The van der Waals surface area contributed by atoms with Gasteiger partial charge < -0.3 is 10.2 Å². The second kappa shape index (κ2) is 7.60. The Labute approximate surface area is 176 Å². The Morgan fingerprint density at radius 3 is 2.57 bits per heavy atom. The molecule has 4 rings (SSSR count). The summed E-state index contributed by atoms with van der Waals surface area (Å²) in [7, 11) is 3.92. The maximum Gasteiger partial charge on any atom is 0.270 e. The summed E-state index contributed by atoms with van der Waals surface area (Å²) >= 11 is 1.28. The Balaban J connectivity index is 1.60. The predicted molar refractivity (Wildman–Crippen MR) is 119 cm³/mol. The number of imidazole rings is 1. The van der Waals surface area contributed by atoms with Gasteiger partial charge in [0.25, 0.3) is 11.6 Å². The van der Waals surface area contributed by atoms with Crippen LogP contribution in [0.3, 0.4) is 0 Å². The molecular weight excluding hydrogens is 402 g/mol. The van der Waals surface area contributed by atoms with Gasteiger partial charge in [-0.25, -0.2) is 4.98 Å². The maximum atomic E-state index is 12.8. The van der Waals surface area contributed by atoms with Crippen molar-refractivity contribution in [2.75, 3.05) is 24.3 Å². The molecule has 2 heterocycles. The van der Waals surface area contributed by atoms with Crippen LogP contribution in [0.25, 0.3) is 16.2 Å². The van der Waals surface area contributed by atoms with E-state index in [1.807, 2.05) is 54.6 Å². The molecular formula is C21H19N5O3S. The van der Waals surface area contributed by atoms with Gasteiger partial charge in [-0.05, 0) is 31.2 Å². The number of nitrogens with zero attached hydrogens (tertiary/aromatic N) is 4. The van der Waals surface area contributed by atoms with Crippen LogP contribution in [0.15, 0.2) is 54.7 Å². The summed E-state index contributed by atoms with van der Waals surface area (Å²) < 4.78 is 1.84. The zero-order chi connectivity index (χ0) is 21.4. The molecule has 0 fully saturated rings. The molecule has 1 amide bonds. The van der Waals surface area contributed by atoms with Gasteiger partial charge in [0.2, 0.25) is 0 Å². The Bertz CT molecular complexity index is 1260. The van der Waals surface area contributed by atoms with Crippen LogP contribution in [0, 0.1) is 17.0 Å². The molecule has 0 saturated heterocycles. The first kappa shape index (κ1) is 19.6. The number of hydrogen-bond acceptors (Lipinski definition) is 6. The molecule has 0 aliphatic heterocycles. The fraction of sp³-hybridized carbons (Fsp3) is 0.143.